The predicted octanol–water partition coefficient (Wildman–Crippen LogP) is 3.68. The Morgan fingerprint density at radius 3 is 2.78 bits per heavy atom. The number of benzene rings is 2. The molecule has 0 bridgehead atoms. The maximum atomic E-state index is 11.8. The molecule has 0 fully saturated rings. The van der Waals surface area contributed by atoms with Gasteiger partial charge in [0.15, 0.2) is 0 Å². The number of methoxy groups -OCH3 is 1. The number of rotatable bonds is 3. The average molecular weight is 265 g/mol. The minimum atomic E-state index is -0.421. The van der Waals surface area contributed by atoms with E-state index in [-0.39, 0.29) is 0 Å². The standard InChI is InChI=1S/C14H13ClO3/c1-3-18-14(16)11-8-10-9(7-12(11)15)5-4-6-13(10)17-2/h4-8H,3H2,1-2H3. The van der Waals surface area contributed by atoms with Crippen LogP contribution in [0.1, 0.15) is 17.3 Å². The molecule has 0 amide bonds. The summed E-state index contributed by atoms with van der Waals surface area (Å²) in [4.78, 5) is 11.8. The Morgan fingerprint density at radius 2 is 2.11 bits per heavy atom. The summed E-state index contributed by atoms with van der Waals surface area (Å²) in [6.07, 6.45) is 0. The minimum Gasteiger partial charge on any atom is -0.496 e. The third-order valence-corrected chi connectivity index (χ3v) is 2.96. The summed E-state index contributed by atoms with van der Waals surface area (Å²) >= 11 is 6.09. The van der Waals surface area contributed by atoms with E-state index in [9.17, 15) is 4.79 Å². The lowest BCUT2D eigenvalue weighted by Gasteiger charge is -2.09. The molecule has 0 spiro atoms. The maximum Gasteiger partial charge on any atom is 0.339 e. The Kier molecular flexibility index (Phi) is 3.72. The van der Waals surface area contributed by atoms with Crippen molar-refractivity contribution in [2.75, 3.05) is 13.7 Å². The van der Waals surface area contributed by atoms with Crippen molar-refractivity contribution in [2.24, 2.45) is 0 Å². The molecule has 2 rings (SSSR count). The van der Waals surface area contributed by atoms with Gasteiger partial charge >= 0.3 is 5.97 Å². The Labute approximate surface area is 110 Å². The van der Waals surface area contributed by atoms with Crippen molar-refractivity contribution in [3.63, 3.8) is 0 Å². The van der Waals surface area contributed by atoms with Crippen molar-refractivity contribution >= 4 is 28.3 Å². The highest BCUT2D eigenvalue weighted by Crippen LogP contribution is 2.30. The highest BCUT2D eigenvalue weighted by molar-refractivity contribution is 6.34. The van der Waals surface area contributed by atoms with Crippen LogP contribution in [-0.4, -0.2) is 19.7 Å². The monoisotopic (exact) mass is 264 g/mol. The van der Waals surface area contributed by atoms with Crippen LogP contribution in [0.4, 0.5) is 0 Å². The van der Waals surface area contributed by atoms with Crippen molar-refractivity contribution in [3.05, 3.63) is 40.9 Å². The smallest absolute Gasteiger partial charge is 0.339 e. The second-order valence-electron chi connectivity index (χ2n) is 3.73. The number of carbonyl (C=O) groups excluding carboxylic acids is 1. The molecule has 4 heteroatoms. The topological polar surface area (TPSA) is 35.5 Å². The number of ether oxygens (including phenoxy) is 2. The van der Waals surface area contributed by atoms with Crippen LogP contribution in [-0.2, 0) is 4.74 Å². The number of esters is 1. The molecule has 18 heavy (non-hydrogen) atoms. The fourth-order valence-corrected chi connectivity index (χ4v) is 2.06. The van der Waals surface area contributed by atoms with Gasteiger partial charge in [-0.1, -0.05) is 23.7 Å². The second-order valence-corrected chi connectivity index (χ2v) is 4.14. The van der Waals surface area contributed by atoms with E-state index in [0.717, 1.165) is 10.8 Å². The van der Waals surface area contributed by atoms with Crippen LogP contribution in [0.25, 0.3) is 10.8 Å². The third-order valence-electron chi connectivity index (χ3n) is 2.64. The molecule has 0 atom stereocenters. The van der Waals surface area contributed by atoms with E-state index in [1.54, 1.807) is 26.2 Å². The zero-order valence-corrected chi connectivity index (χ0v) is 11.0. The molecule has 2 aromatic carbocycles. The predicted molar refractivity (Wildman–Crippen MR) is 71.5 cm³/mol. The van der Waals surface area contributed by atoms with Gasteiger partial charge in [0, 0.05) is 5.39 Å². The number of carbonyl (C=O) groups is 1. The van der Waals surface area contributed by atoms with Gasteiger partial charge in [-0.15, -0.1) is 0 Å². The van der Waals surface area contributed by atoms with Crippen LogP contribution in [0.5, 0.6) is 5.75 Å². The molecule has 0 radical (unpaired) electrons. The summed E-state index contributed by atoms with van der Waals surface area (Å²) in [5.74, 6) is 0.282. The van der Waals surface area contributed by atoms with Gasteiger partial charge in [-0.25, -0.2) is 4.79 Å². The minimum absolute atomic E-state index is 0.319. The van der Waals surface area contributed by atoms with E-state index >= 15 is 0 Å². The van der Waals surface area contributed by atoms with Crippen molar-refractivity contribution in [1.29, 1.82) is 0 Å². The highest BCUT2D eigenvalue weighted by atomic mass is 35.5. The third kappa shape index (κ3) is 2.27. The maximum absolute atomic E-state index is 11.8. The molecule has 0 aromatic heterocycles. The summed E-state index contributed by atoms with van der Waals surface area (Å²) < 4.78 is 10.2. The summed E-state index contributed by atoms with van der Waals surface area (Å²) in [7, 11) is 1.59. The first-order valence-electron chi connectivity index (χ1n) is 5.60. The lowest BCUT2D eigenvalue weighted by atomic mass is 10.1. The summed E-state index contributed by atoms with van der Waals surface area (Å²) in [6.45, 7) is 2.08. The fraction of sp³-hybridized carbons (Fsp3) is 0.214. The number of hydrogen-bond donors (Lipinski definition) is 0. The normalized spacial score (nSPS) is 10.4. The quantitative estimate of drug-likeness (QED) is 0.794. The summed E-state index contributed by atoms with van der Waals surface area (Å²) in [5.41, 5.74) is 0.357. The van der Waals surface area contributed by atoms with Crippen LogP contribution in [0.3, 0.4) is 0 Å². The molecule has 0 aliphatic carbocycles. The van der Waals surface area contributed by atoms with E-state index in [2.05, 4.69) is 0 Å². The van der Waals surface area contributed by atoms with E-state index in [4.69, 9.17) is 21.1 Å². The van der Waals surface area contributed by atoms with Crippen LogP contribution >= 0.6 is 11.6 Å². The Morgan fingerprint density at radius 1 is 1.33 bits per heavy atom. The SMILES string of the molecule is CCOC(=O)c1cc2c(OC)cccc2cc1Cl. The van der Waals surface area contributed by atoms with Crippen molar-refractivity contribution in [3.8, 4) is 5.75 Å². The second kappa shape index (κ2) is 5.27. The number of halogens is 1. The molecule has 0 saturated carbocycles. The van der Waals surface area contributed by atoms with E-state index < -0.39 is 5.97 Å². The van der Waals surface area contributed by atoms with Gasteiger partial charge in [-0.05, 0) is 30.5 Å². The molecule has 0 unspecified atom stereocenters. The molecular formula is C14H13ClO3. The fourth-order valence-electron chi connectivity index (χ4n) is 1.81. The van der Waals surface area contributed by atoms with Gasteiger partial charge in [0.25, 0.3) is 0 Å². The van der Waals surface area contributed by atoms with Crippen molar-refractivity contribution in [2.45, 2.75) is 6.92 Å². The average Bonchev–Trinajstić information content (AvgIpc) is 2.37. The Bertz CT molecular complexity index is 593. The van der Waals surface area contributed by atoms with Crippen LogP contribution in [0.15, 0.2) is 30.3 Å². The van der Waals surface area contributed by atoms with Gasteiger partial charge in [0.05, 0.1) is 24.3 Å². The van der Waals surface area contributed by atoms with E-state index in [1.807, 2.05) is 18.2 Å². The number of hydrogen-bond acceptors (Lipinski definition) is 3. The van der Waals surface area contributed by atoms with Crippen molar-refractivity contribution in [1.82, 2.24) is 0 Å². The Hall–Kier alpha value is -1.74. The van der Waals surface area contributed by atoms with Gasteiger partial charge in [-0.2, -0.15) is 0 Å². The Balaban J connectivity index is 2.62. The largest absolute Gasteiger partial charge is 0.496 e. The van der Waals surface area contributed by atoms with Crippen molar-refractivity contribution < 1.29 is 14.3 Å². The molecule has 0 aliphatic heterocycles. The number of fused-ring (bicyclic) bond motifs is 1. The van der Waals surface area contributed by atoms with E-state index in [0.29, 0.717) is 22.9 Å². The first-order chi connectivity index (χ1) is 8.67. The molecule has 0 aliphatic rings. The van der Waals surface area contributed by atoms with Crippen LogP contribution in [0, 0.1) is 0 Å². The molecule has 0 saturated heterocycles. The zero-order valence-electron chi connectivity index (χ0n) is 10.2. The van der Waals surface area contributed by atoms with Gasteiger partial charge < -0.3 is 9.47 Å². The molecule has 2 aromatic rings. The first kappa shape index (κ1) is 12.7. The van der Waals surface area contributed by atoms with Crippen LogP contribution < -0.4 is 4.74 Å². The molecule has 3 nitrogen and oxygen atoms in total. The van der Waals surface area contributed by atoms with E-state index in [1.165, 1.54) is 0 Å². The van der Waals surface area contributed by atoms with Gasteiger partial charge in [0.2, 0.25) is 0 Å². The molecule has 94 valence electrons. The zero-order chi connectivity index (χ0) is 13.1. The highest BCUT2D eigenvalue weighted by Gasteiger charge is 2.14. The summed E-state index contributed by atoms with van der Waals surface area (Å²) in [6, 6.07) is 9.07. The lowest BCUT2D eigenvalue weighted by molar-refractivity contribution is 0.0527. The first-order valence-corrected chi connectivity index (χ1v) is 5.98. The molecule has 0 N–H and O–H groups in total. The van der Waals surface area contributed by atoms with Gasteiger partial charge in [0.1, 0.15) is 5.75 Å². The van der Waals surface area contributed by atoms with Crippen LogP contribution in [0.2, 0.25) is 5.02 Å². The summed E-state index contributed by atoms with van der Waals surface area (Å²) in [5, 5.41) is 2.15. The molecular weight excluding hydrogens is 252 g/mol. The molecule has 0 heterocycles. The lowest BCUT2D eigenvalue weighted by Crippen LogP contribution is -2.05. The van der Waals surface area contributed by atoms with Gasteiger partial charge in [-0.3, -0.25) is 0 Å².